The fourth-order valence-electron chi connectivity index (χ4n) is 2.37. The van der Waals surface area contributed by atoms with Crippen molar-refractivity contribution in [2.45, 2.75) is 19.9 Å². The van der Waals surface area contributed by atoms with Gasteiger partial charge in [0, 0.05) is 45.2 Å². The van der Waals surface area contributed by atoms with Crippen LogP contribution < -0.4 is 0 Å². The van der Waals surface area contributed by atoms with Gasteiger partial charge in [0.15, 0.2) is 0 Å². The minimum Gasteiger partial charge on any atom is -0.508 e. The first kappa shape index (κ1) is 13.8. The van der Waals surface area contributed by atoms with E-state index in [1.165, 1.54) is 18.2 Å². The molecule has 1 N–H and O–H groups in total. The van der Waals surface area contributed by atoms with Crippen LogP contribution in [0.4, 0.5) is 4.39 Å². The molecule has 0 aromatic heterocycles. The molecule has 4 nitrogen and oxygen atoms in total. The lowest BCUT2D eigenvalue weighted by atomic mass is 10.2. The van der Waals surface area contributed by atoms with Gasteiger partial charge in [-0.25, -0.2) is 4.39 Å². The van der Waals surface area contributed by atoms with Crippen molar-refractivity contribution in [1.82, 2.24) is 9.80 Å². The van der Waals surface area contributed by atoms with Crippen LogP contribution in [0.2, 0.25) is 0 Å². The van der Waals surface area contributed by atoms with Gasteiger partial charge in [-0.05, 0) is 24.6 Å². The van der Waals surface area contributed by atoms with Crippen molar-refractivity contribution in [3.63, 3.8) is 0 Å². The normalized spacial score (nSPS) is 17.3. The molecule has 0 bridgehead atoms. The first-order valence-corrected chi connectivity index (χ1v) is 6.51. The largest absolute Gasteiger partial charge is 0.508 e. The van der Waals surface area contributed by atoms with Crippen LogP contribution in [-0.2, 0) is 11.3 Å². The van der Waals surface area contributed by atoms with E-state index in [4.69, 9.17) is 0 Å². The Balaban J connectivity index is 1.99. The summed E-state index contributed by atoms with van der Waals surface area (Å²) >= 11 is 0. The topological polar surface area (TPSA) is 43.8 Å². The summed E-state index contributed by atoms with van der Waals surface area (Å²) in [6.45, 7) is 5.13. The number of carbonyl (C=O) groups excluding carboxylic acids is 1. The zero-order chi connectivity index (χ0) is 13.8. The molecule has 1 aromatic carbocycles. The first-order valence-electron chi connectivity index (χ1n) is 6.51. The molecule has 1 saturated heterocycles. The van der Waals surface area contributed by atoms with Crippen molar-refractivity contribution in [2.75, 3.05) is 26.2 Å². The minimum atomic E-state index is -0.340. The minimum absolute atomic E-state index is 0.0930. The quantitative estimate of drug-likeness (QED) is 0.884. The third-order valence-corrected chi connectivity index (χ3v) is 3.47. The number of halogens is 1. The molecule has 19 heavy (non-hydrogen) atoms. The molecular weight excluding hydrogens is 247 g/mol. The van der Waals surface area contributed by atoms with Crippen molar-refractivity contribution in [2.24, 2.45) is 0 Å². The highest BCUT2D eigenvalue weighted by atomic mass is 19.1. The van der Waals surface area contributed by atoms with E-state index in [0.717, 1.165) is 26.1 Å². The third-order valence-electron chi connectivity index (χ3n) is 3.47. The summed E-state index contributed by atoms with van der Waals surface area (Å²) in [5.74, 6) is -0.127. The fraction of sp³-hybridized carbons (Fsp3) is 0.500. The predicted molar refractivity (Wildman–Crippen MR) is 70.2 cm³/mol. The highest BCUT2D eigenvalue weighted by Gasteiger charge is 2.17. The summed E-state index contributed by atoms with van der Waals surface area (Å²) in [5, 5.41) is 9.72. The number of aromatic hydroxyl groups is 1. The molecule has 104 valence electrons. The lowest BCUT2D eigenvalue weighted by Gasteiger charge is -2.21. The van der Waals surface area contributed by atoms with E-state index in [1.807, 2.05) is 4.90 Å². The molecular formula is C14H19FN2O2. The van der Waals surface area contributed by atoms with Crippen LogP contribution >= 0.6 is 0 Å². The Morgan fingerprint density at radius 2 is 2.11 bits per heavy atom. The maximum atomic E-state index is 13.2. The fourth-order valence-corrected chi connectivity index (χ4v) is 2.37. The second-order valence-corrected chi connectivity index (χ2v) is 4.91. The molecule has 1 heterocycles. The molecule has 1 aliphatic heterocycles. The van der Waals surface area contributed by atoms with E-state index in [9.17, 15) is 14.3 Å². The van der Waals surface area contributed by atoms with Crippen molar-refractivity contribution in [1.29, 1.82) is 0 Å². The van der Waals surface area contributed by atoms with Crippen LogP contribution in [0.25, 0.3) is 0 Å². The Morgan fingerprint density at radius 1 is 1.32 bits per heavy atom. The Labute approximate surface area is 112 Å². The second kappa shape index (κ2) is 6.02. The van der Waals surface area contributed by atoms with Crippen molar-refractivity contribution in [3.8, 4) is 5.75 Å². The number of phenolic OH excluding ortho intramolecular Hbond substituents is 1. The first-order chi connectivity index (χ1) is 9.06. The summed E-state index contributed by atoms with van der Waals surface area (Å²) in [4.78, 5) is 15.3. The molecule has 0 unspecified atom stereocenters. The Hall–Kier alpha value is -1.62. The van der Waals surface area contributed by atoms with Gasteiger partial charge in [-0.15, -0.1) is 0 Å². The maximum absolute atomic E-state index is 13.2. The average Bonchev–Trinajstić information content (AvgIpc) is 2.59. The van der Waals surface area contributed by atoms with E-state index in [2.05, 4.69) is 4.90 Å². The van der Waals surface area contributed by atoms with Crippen molar-refractivity contribution < 1.29 is 14.3 Å². The van der Waals surface area contributed by atoms with Crippen LogP contribution in [0.15, 0.2) is 18.2 Å². The molecule has 0 aliphatic carbocycles. The van der Waals surface area contributed by atoms with Crippen LogP contribution in [0.1, 0.15) is 18.9 Å². The van der Waals surface area contributed by atoms with E-state index >= 15 is 0 Å². The van der Waals surface area contributed by atoms with Gasteiger partial charge in [0.2, 0.25) is 5.91 Å². The smallest absolute Gasteiger partial charge is 0.219 e. The number of rotatable bonds is 2. The second-order valence-electron chi connectivity index (χ2n) is 4.91. The predicted octanol–water partition coefficient (Wildman–Crippen LogP) is 1.59. The number of nitrogens with zero attached hydrogens (tertiary/aromatic N) is 2. The lowest BCUT2D eigenvalue weighted by Crippen LogP contribution is -2.33. The zero-order valence-electron chi connectivity index (χ0n) is 11.1. The van der Waals surface area contributed by atoms with E-state index < -0.39 is 0 Å². The number of hydrogen-bond donors (Lipinski definition) is 1. The van der Waals surface area contributed by atoms with E-state index in [-0.39, 0.29) is 17.5 Å². The summed E-state index contributed by atoms with van der Waals surface area (Å²) in [7, 11) is 0. The number of phenols is 1. The molecule has 0 spiro atoms. The Morgan fingerprint density at radius 3 is 2.84 bits per heavy atom. The highest BCUT2D eigenvalue weighted by molar-refractivity contribution is 5.73. The molecule has 0 atom stereocenters. The molecule has 1 amide bonds. The number of carbonyl (C=O) groups is 1. The van der Waals surface area contributed by atoms with Crippen LogP contribution in [-0.4, -0.2) is 47.0 Å². The number of amides is 1. The van der Waals surface area contributed by atoms with Gasteiger partial charge in [0.05, 0.1) is 0 Å². The van der Waals surface area contributed by atoms with E-state index in [1.54, 1.807) is 6.92 Å². The summed E-state index contributed by atoms with van der Waals surface area (Å²) in [6, 6.07) is 3.99. The number of hydrogen-bond acceptors (Lipinski definition) is 3. The molecule has 0 radical (unpaired) electrons. The molecule has 5 heteroatoms. The molecule has 1 fully saturated rings. The van der Waals surface area contributed by atoms with Gasteiger partial charge >= 0.3 is 0 Å². The molecule has 1 aromatic rings. The van der Waals surface area contributed by atoms with Gasteiger partial charge < -0.3 is 10.0 Å². The van der Waals surface area contributed by atoms with Crippen molar-refractivity contribution in [3.05, 3.63) is 29.6 Å². The van der Waals surface area contributed by atoms with Crippen molar-refractivity contribution >= 4 is 5.91 Å². The van der Waals surface area contributed by atoms with Gasteiger partial charge in [0.1, 0.15) is 11.6 Å². The molecule has 2 rings (SSSR count). The molecule has 1 aliphatic rings. The monoisotopic (exact) mass is 266 g/mol. The number of benzene rings is 1. The van der Waals surface area contributed by atoms with Crippen LogP contribution in [0.5, 0.6) is 5.75 Å². The van der Waals surface area contributed by atoms with Crippen LogP contribution in [0.3, 0.4) is 0 Å². The highest BCUT2D eigenvalue weighted by Crippen LogP contribution is 2.20. The zero-order valence-corrected chi connectivity index (χ0v) is 11.1. The van der Waals surface area contributed by atoms with Gasteiger partial charge in [-0.1, -0.05) is 0 Å². The van der Waals surface area contributed by atoms with Gasteiger partial charge in [0.25, 0.3) is 0 Å². The van der Waals surface area contributed by atoms with Gasteiger partial charge in [-0.3, -0.25) is 9.69 Å². The van der Waals surface area contributed by atoms with E-state index in [0.29, 0.717) is 18.7 Å². The Kier molecular flexibility index (Phi) is 4.37. The van der Waals surface area contributed by atoms with Crippen LogP contribution in [0, 0.1) is 5.82 Å². The standard InChI is InChI=1S/C14H19FN2O2/c1-11(18)17-6-2-5-16(7-8-17)10-12-9-13(15)3-4-14(12)19/h3-4,9,19H,2,5-8,10H2,1H3. The summed E-state index contributed by atoms with van der Waals surface area (Å²) in [6.07, 6.45) is 0.898. The maximum Gasteiger partial charge on any atom is 0.219 e. The van der Waals surface area contributed by atoms with Gasteiger partial charge in [-0.2, -0.15) is 0 Å². The average molecular weight is 266 g/mol. The molecule has 0 saturated carbocycles. The summed E-state index contributed by atoms with van der Waals surface area (Å²) < 4.78 is 13.2. The Bertz CT molecular complexity index is 465. The SMILES string of the molecule is CC(=O)N1CCCN(Cc2cc(F)ccc2O)CC1. The lowest BCUT2D eigenvalue weighted by molar-refractivity contribution is -0.128. The third kappa shape index (κ3) is 3.67. The summed E-state index contributed by atoms with van der Waals surface area (Å²) in [5.41, 5.74) is 0.594.